The van der Waals surface area contributed by atoms with Crippen molar-refractivity contribution in [2.75, 3.05) is 26.2 Å². The first-order valence-corrected chi connectivity index (χ1v) is 10.6. The van der Waals surface area contributed by atoms with E-state index in [0.29, 0.717) is 24.4 Å². The lowest BCUT2D eigenvalue weighted by Gasteiger charge is -2.34. The highest BCUT2D eigenvalue weighted by molar-refractivity contribution is 7.98. The molecular weight excluding hydrogens is 386 g/mol. The van der Waals surface area contributed by atoms with Gasteiger partial charge in [-0.15, -0.1) is 0 Å². The van der Waals surface area contributed by atoms with Gasteiger partial charge in [0.05, 0.1) is 17.0 Å². The van der Waals surface area contributed by atoms with Crippen molar-refractivity contribution in [3.63, 3.8) is 0 Å². The summed E-state index contributed by atoms with van der Waals surface area (Å²) in [4.78, 5) is 26.2. The van der Waals surface area contributed by atoms with Crippen molar-refractivity contribution in [2.45, 2.75) is 24.2 Å². The van der Waals surface area contributed by atoms with Crippen molar-refractivity contribution < 1.29 is 9.32 Å². The van der Waals surface area contributed by atoms with Crippen LogP contribution >= 0.6 is 11.8 Å². The van der Waals surface area contributed by atoms with Crippen LogP contribution in [0.4, 0.5) is 0 Å². The number of nitrogens with zero attached hydrogens (tertiary/aromatic N) is 5. The number of rotatable bonds is 6. The van der Waals surface area contributed by atoms with Gasteiger partial charge in [-0.3, -0.25) is 14.7 Å². The van der Waals surface area contributed by atoms with E-state index in [4.69, 9.17) is 4.52 Å². The van der Waals surface area contributed by atoms with E-state index in [0.717, 1.165) is 41.8 Å². The number of aromatic nitrogens is 3. The van der Waals surface area contributed by atoms with E-state index in [-0.39, 0.29) is 5.91 Å². The molecule has 0 spiro atoms. The lowest BCUT2D eigenvalue weighted by molar-refractivity contribution is 0.0623. The third-order valence-corrected chi connectivity index (χ3v) is 5.85. The van der Waals surface area contributed by atoms with Gasteiger partial charge in [-0.1, -0.05) is 23.0 Å². The fourth-order valence-corrected chi connectivity index (χ4v) is 4.16. The SMILES string of the molecule is Cc1cc(CSc2ncccc2C(=O)N2CCN(Cc3ccccn3)CC2)no1. The second-order valence-corrected chi connectivity index (χ2v) is 7.93. The fraction of sp³-hybridized carbons (Fsp3) is 0.333. The summed E-state index contributed by atoms with van der Waals surface area (Å²) in [6.07, 6.45) is 3.54. The quantitative estimate of drug-likeness (QED) is 0.579. The molecule has 1 amide bonds. The smallest absolute Gasteiger partial charge is 0.256 e. The average molecular weight is 410 g/mol. The van der Waals surface area contributed by atoms with Crippen molar-refractivity contribution >= 4 is 17.7 Å². The van der Waals surface area contributed by atoms with Crippen molar-refractivity contribution in [3.8, 4) is 0 Å². The predicted octanol–water partition coefficient (Wildman–Crippen LogP) is 3.02. The van der Waals surface area contributed by atoms with Crippen LogP contribution in [0.15, 0.2) is 58.3 Å². The molecule has 4 rings (SSSR count). The van der Waals surface area contributed by atoms with E-state index >= 15 is 0 Å². The molecule has 3 aromatic heterocycles. The highest BCUT2D eigenvalue weighted by atomic mass is 32.2. The molecular formula is C21H23N5O2S. The third-order valence-electron chi connectivity index (χ3n) is 4.81. The molecule has 0 saturated carbocycles. The van der Waals surface area contributed by atoms with Crippen LogP contribution in [0.3, 0.4) is 0 Å². The van der Waals surface area contributed by atoms with Crippen LogP contribution in [-0.4, -0.2) is 57.0 Å². The fourth-order valence-electron chi connectivity index (χ4n) is 3.30. The zero-order valence-corrected chi connectivity index (χ0v) is 17.1. The summed E-state index contributed by atoms with van der Waals surface area (Å²) in [6, 6.07) is 11.5. The van der Waals surface area contributed by atoms with Crippen LogP contribution in [-0.2, 0) is 12.3 Å². The summed E-state index contributed by atoms with van der Waals surface area (Å²) < 4.78 is 5.11. The molecule has 0 aliphatic carbocycles. The summed E-state index contributed by atoms with van der Waals surface area (Å²) in [5.41, 5.74) is 2.55. The van der Waals surface area contributed by atoms with Crippen LogP contribution in [0.2, 0.25) is 0 Å². The van der Waals surface area contributed by atoms with E-state index in [2.05, 4.69) is 20.0 Å². The van der Waals surface area contributed by atoms with Gasteiger partial charge < -0.3 is 9.42 Å². The summed E-state index contributed by atoms with van der Waals surface area (Å²) in [6.45, 7) is 5.76. The maximum Gasteiger partial charge on any atom is 0.256 e. The zero-order chi connectivity index (χ0) is 20.1. The van der Waals surface area contributed by atoms with Crippen molar-refractivity contribution in [3.05, 3.63) is 71.5 Å². The Hall–Kier alpha value is -2.71. The van der Waals surface area contributed by atoms with Gasteiger partial charge in [0, 0.05) is 56.9 Å². The molecule has 1 saturated heterocycles. The van der Waals surface area contributed by atoms with Gasteiger partial charge in [0.15, 0.2) is 0 Å². The van der Waals surface area contributed by atoms with Crippen LogP contribution in [0.5, 0.6) is 0 Å². The number of piperazine rings is 1. The zero-order valence-electron chi connectivity index (χ0n) is 16.3. The van der Waals surface area contributed by atoms with Gasteiger partial charge in [0.25, 0.3) is 5.91 Å². The van der Waals surface area contributed by atoms with E-state index in [1.807, 2.05) is 54.4 Å². The number of carbonyl (C=O) groups excluding carboxylic acids is 1. The highest BCUT2D eigenvalue weighted by Crippen LogP contribution is 2.25. The van der Waals surface area contributed by atoms with Crippen molar-refractivity contribution in [2.24, 2.45) is 0 Å². The molecule has 0 bridgehead atoms. The Balaban J connectivity index is 1.36. The van der Waals surface area contributed by atoms with Crippen molar-refractivity contribution in [1.29, 1.82) is 0 Å². The van der Waals surface area contributed by atoms with Gasteiger partial charge in [-0.25, -0.2) is 4.98 Å². The number of amides is 1. The number of pyridine rings is 2. The maximum absolute atomic E-state index is 13.1. The van der Waals surface area contributed by atoms with E-state index < -0.39 is 0 Å². The van der Waals surface area contributed by atoms with Crippen LogP contribution in [0.25, 0.3) is 0 Å². The Morgan fingerprint density at radius 3 is 2.62 bits per heavy atom. The molecule has 7 nitrogen and oxygen atoms in total. The first-order valence-electron chi connectivity index (χ1n) is 9.60. The molecule has 1 fully saturated rings. The van der Waals surface area contributed by atoms with Crippen LogP contribution in [0.1, 0.15) is 27.5 Å². The minimum absolute atomic E-state index is 0.0365. The number of carbonyl (C=O) groups is 1. The Bertz CT molecular complexity index is 954. The molecule has 3 aromatic rings. The Kier molecular flexibility index (Phi) is 6.21. The standard InChI is InChI=1S/C21H23N5O2S/c1-16-13-18(24-28-16)15-29-20-19(6-4-8-23-20)21(27)26-11-9-25(10-12-26)14-17-5-2-3-7-22-17/h2-8,13H,9-12,14-15H2,1H3. The first-order chi connectivity index (χ1) is 14.2. The largest absolute Gasteiger partial charge is 0.361 e. The van der Waals surface area contributed by atoms with Gasteiger partial charge in [0.1, 0.15) is 10.8 Å². The molecule has 0 atom stereocenters. The minimum atomic E-state index is 0.0365. The number of hydrogen-bond donors (Lipinski definition) is 0. The number of hydrogen-bond acceptors (Lipinski definition) is 7. The first kappa shape index (κ1) is 19.6. The van der Waals surface area contributed by atoms with Crippen molar-refractivity contribution in [1.82, 2.24) is 24.9 Å². The number of aryl methyl sites for hydroxylation is 1. The molecule has 8 heteroatoms. The monoisotopic (exact) mass is 409 g/mol. The van der Waals surface area contributed by atoms with Crippen LogP contribution in [0, 0.1) is 6.92 Å². The van der Waals surface area contributed by atoms with Gasteiger partial charge in [0.2, 0.25) is 0 Å². The maximum atomic E-state index is 13.1. The Labute approximate surface area is 174 Å². The van der Waals surface area contributed by atoms with Gasteiger partial charge >= 0.3 is 0 Å². The van der Waals surface area contributed by atoms with Gasteiger partial charge in [-0.05, 0) is 31.2 Å². The summed E-state index contributed by atoms with van der Waals surface area (Å²) >= 11 is 1.51. The van der Waals surface area contributed by atoms with E-state index in [9.17, 15) is 4.79 Å². The van der Waals surface area contributed by atoms with E-state index in [1.54, 1.807) is 6.20 Å². The molecule has 0 radical (unpaired) electrons. The van der Waals surface area contributed by atoms with Gasteiger partial charge in [-0.2, -0.15) is 0 Å². The summed E-state index contributed by atoms with van der Waals surface area (Å²) in [5, 5.41) is 4.74. The second-order valence-electron chi connectivity index (χ2n) is 6.96. The van der Waals surface area contributed by atoms with E-state index in [1.165, 1.54) is 11.8 Å². The summed E-state index contributed by atoms with van der Waals surface area (Å²) in [5.74, 6) is 1.43. The molecule has 4 heterocycles. The predicted molar refractivity (Wildman–Crippen MR) is 110 cm³/mol. The molecule has 0 unspecified atom stereocenters. The minimum Gasteiger partial charge on any atom is -0.361 e. The number of thioether (sulfide) groups is 1. The second kappa shape index (κ2) is 9.19. The molecule has 150 valence electrons. The Morgan fingerprint density at radius 1 is 1.07 bits per heavy atom. The normalized spacial score (nSPS) is 14.9. The molecule has 29 heavy (non-hydrogen) atoms. The van der Waals surface area contributed by atoms with Crippen LogP contribution < -0.4 is 0 Å². The topological polar surface area (TPSA) is 75.4 Å². The average Bonchev–Trinajstić information content (AvgIpc) is 3.18. The molecule has 0 N–H and O–H groups in total. The molecule has 0 aromatic carbocycles. The summed E-state index contributed by atoms with van der Waals surface area (Å²) in [7, 11) is 0. The molecule has 1 aliphatic rings. The Morgan fingerprint density at radius 2 is 1.90 bits per heavy atom. The lowest BCUT2D eigenvalue weighted by atomic mass is 10.2. The third kappa shape index (κ3) is 5.02. The highest BCUT2D eigenvalue weighted by Gasteiger charge is 2.24. The molecule has 1 aliphatic heterocycles. The lowest BCUT2D eigenvalue weighted by Crippen LogP contribution is -2.48.